The van der Waals surface area contributed by atoms with E-state index in [2.05, 4.69) is 16.7 Å². The Labute approximate surface area is 113 Å². The maximum absolute atomic E-state index is 13.5. The predicted molar refractivity (Wildman–Crippen MR) is 72.9 cm³/mol. The summed E-state index contributed by atoms with van der Waals surface area (Å²) in [7, 11) is 0. The van der Waals surface area contributed by atoms with Gasteiger partial charge in [0.2, 0.25) is 0 Å². The first-order valence-corrected chi connectivity index (χ1v) is 6.56. The summed E-state index contributed by atoms with van der Waals surface area (Å²) in [6.45, 7) is 1.68. The third-order valence-corrected chi connectivity index (χ3v) is 3.13. The molecule has 2 rings (SSSR count). The van der Waals surface area contributed by atoms with Gasteiger partial charge in [0, 0.05) is 24.7 Å². The van der Waals surface area contributed by atoms with Crippen LogP contribution in [0.3, 0.4) is 0 Å². The summed E-state index contributed by atoms with van der Waals surface area (Å²) in [4.78, 5) is 2.19. The van der Waals surface area contributed by atoms with E-state index in [4.69, 9.17) is 10.8 Å². The molecular weight excluding hydrogens is 243 g/mol. The van der Waals surface area contributed by atoms with Crippen LogP contribution in [0.4, 0.5) is 4.39 Å². The monoisotopic (exact) mass is 262 g/mol. The molecular formula is C15H19FN2O. The van der Waals surface area contributed by atoms with Crippen molar-refractivity contribution in [3.63, 3.8) is 0 Å². The minimum absolute atomic E-state index is 0.131. The van der Waals surface area contributed by atoms with Crippen LogP contribution in [-0.4, -0.2) is 35.7 Å². The second-order valence-corrected chi connectivity index (χ2v) is 4.78. The zero-order valence-corrected chi connectivity index (χ0v) is 10.9. The molecule has 0 aliphatic heterocycles. The number of benzene rings is 1. The number of hydrogen-bond acceptors (Lipinski definition) is 3. The lowest BCUT2D eigenvalue weighted by Gasteiger charge is -2.20. The minimum atomic E-state index is -0.279. The molecule has 102 valence electrons. The van der Waals surface area contributed by atoms with Crippen molar-refractivity contribution in [3.8, 4) is 11.8 Å². The van der Waals surface area contributed by atoms with Gasteiger partial charge < -0.3 is 10.8 Å². The number of aliphatic hydroxyl groups is 1. The van der Waals surface area contributed by atoms with E-state index in [9.17, 15) is 4.39 Å². The number of nitrogens with two attached hydrogens (primary N) is 1. The van der Waals surface area contributed by atoms with Gasteiger partial charge in [0.15, 0.2) is 0 Å². The maximum Gasteiger partial charge on any atom is 0.124 e. The summed E-state index contributed by atoms with van der Waals surface area (Å²) in [6, 6.07) is 5.37. The number of rotatable bonds is 5. The molecule has 0 spiro atoms. The molecule has 1 aliphatic carbocycles. The van der Waals surface area contributed by atoms with Gasteiger partial charge in [-0.25, -0.2) is 4.39 Å². The molecule has 1 aromatic rings. The van der Waals surface area contributed by atoms with E-state index in [1.165, 1.54) is 12.1 Å². The van der Waals surface area contributed by atoms with Gasteiger partial charge in [0.05, 0.1) is 13.2 Å². The molecule has 3 N–H and O–H groups in total. The van der Waals surface area contributed by atoms with Gasteiger partial charge in [0.25, 0.3) is 0 Å². The molecule has 4 heteroatoms. The molecule has 1 aromatic carbocycles. The Hall–Kier alpha value is -1.41. The lowest BCUT2D eigenvalue weighted by Crippen LogP contribution is -2.28. The van der Waals surface area contributed by atoms with Crippen LogP contribution >= 0.6 is 0 Å². The Morgan fingerprint density at radius 3 is 2.79 bits per heavy atom. The average Bonchev–Trinajstić information content (AvgIpc) is 3.19. The summed E-state index contributed by atoms with van der Waals surface area (Å²) >= 11 is 0. The predicted octanol–water partition coefficient (Wildman–Crippen LogP) is 1.09. The lowest BCUT2D eigenvalue weighted by molar-refractivity contribution is 0.183. The van der Waals surface area contributed by atoms with E-state index in [1.807, 2.05) is 6.07 Å². The first-order valence-electron chi connectivity index (χ1n) is 6.56. The van der Waals surface area contributed by atoms with Crippen molar-refractivity contribution in [2.75, 3.05) is 19.7 Å². The van der Waals surface area contributed by atoms with Crippen LogP contribution in [0.5, 0.6) is 0 Å². The van der Waals surface area contributed by atoms with Crippen LogP contribution in [0.1, 0.15) is 24.0 Å². The highest BCUT2D eigenvalue weighted by atomic mass is 19.1. The fourth-order valence-electron chi connectivity index (χ4n) is 2.16. The second-order valence-electron chi connectivity index (χ2n) is 4.78. The van der Waals surface area contributed by atoms with E-state index in [1.54, 1.807) is 0 Å². The zero-order valence-electron chi connectivity index (χ0n) is 10.9. The molecule has 0 heterocycles. The van der Waals surface area contributed by atoms with Crippen molar-refractivity contribution < 1.29 is 9.50 Å². The van der Waals surface area contributed by atoms with Crippen LogP contribution in [0.2, 0.25) is 0 Å². The molecule has 0 atom stereocenters. The van der Waals surface area contributed by atoms with Gasteiger partial charge in [-0.1, -0.05) is 11.8 Å². The summed E-state index contributed by atoms with van der Waals surface area (Å²) in [5.74, 6) is 5.30. The Morgan fingerprint density at radius 2 is 2.16 bits per heavy atom. The fraction of sp³-hybridized carbons (Fsp3) is 0.467. The summed E-state index contributed by atoms with van der Waals surface area (Å²) < 4.78 is 13.5. The van der Waals surface area contributed by atoms with Gasteiger partial charge in [-0.2, -0.15) is 0 Å². The van der Waals surface area contributed by atoms with E-state index >= 15 is 0 Å². The van der Waals surface area contributed by atoms with Crippen molar-refractivity contribution >= 4 is 0 Å². The van der Waals surface area contributed by atoms with E-state index in [0.29, 0.717) is 24.7 Å². The molecule has 0 amide bonds. The normalized spacial score (nSPS) is 14.3. The Kier molecular flexibility index (Phi) is 4.92. The Balaban J connectivity index is 2.11. The minimum Gasteiger partial charge on any atom is -0.395 e. The van der Waals surface area contributed by atoms with Crippen molar-refractivity contribution in [1.82, 2.24) is 4.90 Å². The maximum atomic E-state index is 13.5. The lowest BCUT2D eigenvalue weighted by atomic mass is 10.1. The first kappa shape index (κ1) is 14.0. The SMILES string of the molecule is NCC#Cc1cc(F)cc(CN(CCO)C2CC2)c1. The van der Waals surface area contributed by atoms with Crippen LogP contribution in [-0.2, 0) is 6.54 Å². The Morgan fingerprint density at radius 1 is 1.37 bits per heavy atom. The molecule has 0 saturated heterocycles. The van der Waals surface area contributed by atoms with Crippen molar-refractivity contribution in [2.45, 2.75) is 25.4 Å². The molecule has 1 fully saturated rings. The Bertz CT molecular complexity index is 489. The number of halogens is 1. The van der Waals surface area contributed by atoms with Gasteiger partial charge >= 0.3 is 0 Å². The molecule has 0 radical (unpaired) electrons. The van der Waals surface area contributed by atoms with Crippen LogP contribution in [0, 0.1) is 17.7 Å². The average molecular weight is 262 g/mol. The van der Waals surface area contributed by atoms with Crippen molar-refractivity contribution in [2.24, 2.45) is 5.73 Å². The number of nitrogens with zero attached hydrogens (tertiary/aromatic N) is 1. The number of hydrogen-bond donors (Lipinski definition) is 2. The van der Waals surface area contributed by atoms with Gasteiger partial charge in [-0.15, -0.1) is 0 Å². The van der Waals surface area contributed by atoms with Crippen molar-refractivity contribution in [3.05, 3.63) is 35.1 Å². The molecule has 1 saturated carbocycles. The van der Waals surface area contributed by atoms with Crippen molar-refractivity contribution in [1.29, 1.82) is 0 Å². The molecule has 3 nitrogen and oxygen atoms in total. The molecule has 19 heavy (non-hydrogen) atoms. The third kappa shape index (κ3) is 4.32. The smallest absolute Gasteiger partial charge is 0.124 e. The highest BCUT2D eigenvalue weighted by Crippen LogP contribution is 2.28. The van der Waals surface area contributed by atoms with E-state index < -0.39 is 0 Å². The molecule has 0 bridgehead atoms. The molecule has 0 unspecified atom stereocenters. The van der Waals surface area contributed by atoms with Crippen LogP contribution in [0.25, 0.3) is 0 Å². The quantitative estimate of drug-likeness (QED) is 0.781. The van der Waals surface area contributed by atoms with Gasteiger partial charge in [0.1, 0.15) is 5.82 Å². The van der Waals surface area contributed by atoms with Crippen LogP contribution < -0.4 is 5.73 Å². The molecule has 0 aromatic heterocycles. The summed E-state index contributed by atoms with van der Waals surface area (Å²) in [5, 5.41) is 9.06. The van der Waals surface area contributed by atoms with Crippen LogP contribution in [0.15, 0.2) is 18.2 Å². The zero-order chi connectivity index (χ0) is 13.7. The van der Waals surface area contributed by atoms with Gasteiger partial charge in [-0.05, 0) is 36.6 Å². The fourth-order valence-corrected chi connectivity index (χ4v) is 2.16. The summed E-state index contributed by atoms with van der Waals surface area (Å²) in [5.41, 5.74) is 6.86. The third-order valence-electron chi connectivity index (χ3n) is 3.13. The highest BCUT2D eigenvalue weighted by molar-refractivity contribution is 5.38. The standard InChI is InChI=1S/C15H19FN2O/c16-14-9-12(2-1-5-17)8-13(10-14)11-18(6-7-19)15-3-4-15/h8-10,15,19H,3-7,11,17H2. The first-order chi connectivity index (χ1) is 9.22. The summed E-state index contributed by atoms with van der Waals surface area (Å²) in [6.07, 6.45) is 2.32. The molecule has 1 aliphatic rings. The number of aliphatic hydroxyl groups excluding tert-OH is 1. The highest BCUT2D eigenvalue weighted by Gasteiger charge is 2.28. The largest absolute Gasteiger partial charge is 0.395 e. The van der Waals surface area contributed by atoms with E-state index in [-0.39, 0.29) is 19.0 Å². The second kappa shape index (κ2) is 6.67. The topological polar surface area (TPSA) is 49.5 Å². The van der Waals surface area contributed by atoms with E-state index in [0.717, 1.165) is 18.4 Å². The van der Waals surface area contributed by atoms with Gasteiger partial charge in [-0.3, -0.25) is 4.90 Å².